The van der Waals surface area contributed by atoms with Crippen molar-refractivity contribution in [3.05, 3.63) is 59.2 Å². The lowest BCUT2D eigenvalue weighted by atomic mass is 9.89. The van der Waals surface area contributed by atoms with E-state index in [1.54, 1.807) is 11.8 Å². The minimum absolute atomic E-state index is 0.0640. The molecule has 4 rings (SSSR count). The van der Waals surface area contributed by atoms with E-state index in [9.17, 15) is 28.0 Å². The van der Waals surface area contributed by atoms with Gasteiger partial charge in [-0.2, -0.15) is 13.9 Å². The number of nitrogens with zero attached hydrogens (tertiary/aromatic N) is 4. The Morgan fingerprint density at radius 1 is 1.16 bits per heavy atom. The SMILES string of the molecule is [2H]C([2H])([2H])C([2H])([2H])n1nccc1C(=O)N[C@H](C(=O)Nc1ccc([C@H](C)[C@@H](NC(=O)COC)C(=O)N2CCN(C)[C@H](C)C2)cc1F)[C@@H]1CCCCC(=C(F)F)C1. The van der Waals surface area contributed by atoms with Crippen molar-refractivity contribution in [2.75, 3.05) is 45.7 Å². The molecule has 2 aliphatic rings. The molecular formula is C35H48F3N7O5. The Kier molecular flexibility index (Phi) is 11.2. The van der Waals surface area contributed by atoms with Crippen molar-refractivity contribution in [1.82, 2.24) is 30.2 Å². The number of anilines is 1. The number of hydrogen-bond donors (Lipinski definition) is 3. The Morgan fingerprint density at radius 3 is 2.62 bits per heavy atom. The van der Waals surface area contributed by atoms with E-state index in [1.165, 1.54) is 19.2 Å². The van der Waals surface area contributed by atoms with Gasteiger partial charge in [-0.1, -0.05) is 19.4 Å². The van der Waals surface area contributed by atoms with Crippen molar-refractivity contribution in [1.29, 1.82) is 0 Å². The average molecular weight is 709 g/mol. The number of nitrogens with one attached hydrogen (secondary N) is 3. The highest BCUT2D eigenvalue weighted by Gasteiger charge is 2.36. The van der Waals surface area contributed by atoms with Crippen LogP contribution < -0.4 is 16.0 Å². The molecule has 274 valence electrons. The van der Waals surface area contributed by atoms with Crippen LogP contribution in [0.25, 0.3) is 0 Å². The summed E-state index contributed by atoms with van der Waals surface area (Å²) in [7, 11) is 3.28. The van der Waals surface area contributed by atoms with Gasteiger partial charge < -0.3 is 30.5 Å². The highest BCUT2D eigenvalue weighted by molar-refractivity contribution is 6.00. The summed E-state index contributed by atoms with van der Waals surface area (Å²) in [6.45, 7) is -1.60. The molecule has 1 saturated heterocycles. The second-order valence-electron chi connectivity index (χ2n) is 12.9. The Hall–Kier alpha value is -4.24. The molecule has 1 aliphatic carbocycles. The van der Waals surface area contributed by atoms with Gasteiger partial charge in [0.25, 0.3) is 12.0 Å². The average Bonchev–Trinajstić information content (AvgIpc) is 3.50. The predicted molar refractivity (Wildman–Crippen MR) is 181 cm³/mol. The van der Waals surface area contributed by atoms with Crippen LogP contribution in [-0.4, -0.2) is 102 Å². The van der Waals surface area contributed by atoms with Crippen molar-refractivity contribution in [3.8, 4) is 0 Å². The zero-order valence-electron chi connectivity index (χ0n) is 33.6. The van der Waals surface area contributed by atoms with Crippen LogP contribution in [0.3, 0.4) is 0 Å². The first-order chi connectivity index (χ1) is 25.8. The summed E-state index contributed by atoms with van der Waals surface area (Å²) < 4.78 is 87.8. The third-order valence-corrected chi connectivity index (χ3v) is 9.51. The number of hydrogen-bond acceptors (Lipinski definition) is 7. The van der Waals surface area contributed by atoms with Gasteiger partial charge in [0.1, 0.15) is 30.2 Å². The maximum absolute atomic E-state index is 15.9. The lowest BCUT2D eigenvalue weighted by Gasteiger charge is -2.40. The molecule has 2 aromatic rings. The number of piperazine rings is 1. The second kappa shape index (κ2) is 17.6. The van der Waals surface area contributed by atoms with Crippen molar-refractivity contribution >= 4 is 29.3 Å². The topological polar surface area (TPSA) is 138 Å². The predicted octanol–water partition coefficient (Wildman–Crippen LogP) is 3.91. The molecule has 1 aromatic heterocycles. The van der Waals surface area contributed by atoms with Crippen LogP contribution in [0.2, 0.25) is 0 Å². The van der Waals surface area contributed by atoms with Crippen LogP contribution in [0.4, 0.5) is 18.9 Å². The summed E-state index contributed by atoms with van der Waals surface area (Å²) in [6, 6.07) is 2.28. The molecular weight excluding hydrogens is 655 g/mol. The van der Waals surface area contributed by atoms with E-state index >= 15 is 4.39 Å². The molecule has 1 aliphatic heterocycles. The van der Waals surface area contributed by atoms with Crippen LogP contribution in [0, 0.1) is 11.7 Å². The van der Waals surface area contributed by atoms with Crippen LogP contribution in [0.1, 0.15) is 81.6 Å². The quantitative estimate of drug-likeness (QED) is 0.285. The molecule has 0 bridgehead atoms. The Labute approximate surface area is 297 Å². The summed E-state index contributed by atoms with van der Waals surface area (Å²) in [5.41, 5.74) is -0.760. The monoisotopic (exact) mass is 708 g/mol. The number of halogens is 3. The number of amides is 4. The first kappa shape index (κ1) is 31.7. The summed E-state index contributed by atoms with van der Waals surface area (Å²) >= 11 is 0. The molecule has 5 atom stereocenters. The van der Waals surface area contributed by atoms with E-state index in [-0.39, 0.29) is 49.1 Å². The number of rotatable bonds is 12. The number of aromatic nitrogens is 2. The molecule has 12 nitrogen and oxygen atoms in total. The molecule has 1 saturated carbocycles. The van der Waals surface area contributed by atoms with Crippen LogP contribution in [0.15, 0.2) is 42.1 Å². The molecule has 4 amide bonds. The van der Waals surface area contributed by atoms with Gasteiger partial charge in [-0.25, -0.2) is 4.39 Å². The van der Waals surface area contributed by atoms with Gasteiger partial charge >= 0.3 is 0 Å². The van der Waals surface area contributed by atoms with E-state index in [2.05, 4.69) is 25.9 Å². The fourth-order valence-electron chi connectivity index (χ4n) is 6.41. The zero-order chi connectivity index (χ0) is 40.8. The maximum Gasteiger partial charge on any atom is 0.270 e. The standard InChI is InChI=1S/C35H48F3N7O5/c1-6-45-28(13-14-39-45)33(47)42-31(24-9-7-8-10-25(17-24)32(37)38)34(48)40-27-12-11-23(18-26(27)36)22(3)30(41-29(46)20-50-5)35(49)44-16-15-43(4)21(2)19-44/h11-14,18,21-22,24,30-31H,6-10,15-17,19-20H2,1-5H3,(H,40,48)(H,41,46)(H,42,47)/t21-,22+,24-,30-,31+/m1/s1/i1D3,6D2. The minimum atomic E-state index is -3.24. The highest BCUT2D eigenvalue weighted by Crippen LogP contribution is 2.33. The number of carbonyl (C=O) groups excluding carboxylic acids is 4. The summed E-state index contributed by atoms with van der Waals surface area (Å²) in [6.07, 6.45) is -0.0583. The number of carbonyl (C=O) groups is 4. The first-order valence-corrected chi connectivity index (χ1v) is 16.5. The number of methoxy groups -OCH3 is 1. The maximum atomic E-state index is 15.9. The minimum Gasteiger partial charge on any atom is -0.375 e. The van der Waals surface area contributed by atoms with Gasteiger partial charge in [0.05, 0.1) is 8.43 Å². The second-order valence-corrected chi connectivity index (χ2v) is 12.9. The summed E-state index contributed by atoms with van der Waals surface area (Å²) in [5, 5.41) is 11.3. The number of allylic oxidation sites excluding steroid dienone is 1. The zero-order valence-corrected chi connectivity index (χ0v) is 28.6. The van der Waals surface area contributed by atoms with E-state index in [0.717, 1.165) is 18.3 Å². The third kappa shape index (κ3) is 9.50. The molecule has 1 aromatic carbocycles. The number of ether oxygens (including phenoxy) is 1. The van der Waals surface area contributed by atoms with Gasteiger partial charge in [-0.05, 0) is 81.8 Å². The molecule has 15 heteroatoms. The number of benzene rings is 1. The molecule has 3 N–H and O–H groups in total. The number of likely N-dealkylation sites (N-methyl/N-ethyl adjacent to an activating group) is 1. The van der Waals surface area contributed by atoms with Gasteiger partial charge in [0.15, 0.2) is 0 Å². The molecule has 0 spiro atoms. The first-order valence-electron chi connectivity index (χ1n) is 19.0. The molecule has 50 heavy (non-hydrogen) atoms. The van der Waals surface area contributed by atoms with Gasteiger partial charge in [-0.15, -0.1) is 0 Å². The highest BCUT2D eigenvalue weighted by atomic mass is 19.3. The lowest BCUT2D eigenvalue weighted by molar-refractivity contribution is -0.140. The summed E-state index contributed by atoms with van der Waals surface area (Å²) in [4.78, 5) is 57.6. The van der Waals surface area contributed by atoms with Gasteiger partial charge in [0, 0.05) is 55.5 Å². The van der Waals surface area contributed by atoms with Crippen LogP contribution in [0.5, 0.6) is 0 Å². The summed E-state index contributed by atoms with van der Waals surface area (Å²) in [5.74, 6) is -5.55. The van der Waals surface area contributed by atoms with Crippen LogP contribution >= 0.6 is 0 Å². The van der Waals surface area contributed by atoms with Crippen LogP contribution in [-0.2, 0) is 25.6 Å². The van der Waals surface area contributed by atoms with E-state index < -0.39 is 72.6 Å². The van der Waals surface area contributed by atoms with Crippen molar-refractivity contribution in [3.63, 3.8) is 0 Å². The molecule has 2 heterocycles. The number of aryl methyl sites for hydroxylation is 1. The normalized spacial score (nSPS) is 22.3. The van der Waals surface area contributed by atoms with Crippen molar-refractivity contribution in [2.45, 2.75) is 83.3 Å². The molecule has 0 radical (unpaired) electrons. The lowest BCUT2D eigenvalue weighted by Crippen LogP contribution is -2.58. The van der Waals surface area contributed by atoms with Crippen molar-refractivity contribution < 1.29 is 43.9 Å². The Balaban J connectivity index is 1.62. The van der Waals surface area contributed by atoms with Crippen molar-refractivity contribution in [2.24, 2.45) is 5.92 Å². The Bertz CT molecular complexity index is 1760. The van der Waals surface area contributed by atoms with E-state index in [4.69, 9.17) is 11.6 Å². The third-order valence-electron chi connectivity index (χ3n) is 9.51. The Morgan fingerprint density at radius 2 is 1.94 bits per heavy atom. The van der Waals surface area contributed by atoms with E-state index in [1.807, 2.05) is 14.0 Å². The van der Waals surface area contributed by atoms with Gasteiger partial charge in [0.2, 0.25) is 17.7 Å². The van der Waals surface area contributed by atoms with E-state index in [0.29, 0.717) is 42.7 Å². The molecule has 2 fully saturated rings. The fraction of sp³-hybridized carbons (Fsp3) is 0.571. The molecule has 0 unspecified atom stereocenters. The fourth-order valence-corrected chi connectivity index (χ4v) is 6.41. The largest absolute Gasteiger partial charge is 0.375 e. The smallest absolute Gasteiger partial charge is 0.270 e. The van der Waals surface area contributed by atoms with Gasteiger partial charge in [-0.3, -0.25) is 23.9 Å².